The largest absolute Gasteiger partial charge is 0.398 e. The Bertz CT molecular complexity index is 429. The van der Waals surface area contributed by atoms with Crippen LogP contribution in [0.3, 0.4) is 0 Å². The number of carbonyl (C=O) groups is 1. The van der Waals surface area contributed by atoms with E-state index in [-0.39, 0.29) is 23.7 Å². The molecule has 3 nitrogen and oxygen atoms in total. The Morgan fingerprint density at radius 2 is 1.94 bits per heavy atom. The Hall–Kier alpha value is -0.740. The maximum Gasteiger partial charge on any atom is 0.255 e. The van der Waals surface area contributed by atoms with Crippen LogP contribution in [0.2, 0.25) is 0 Å². The molecule has 1 rings (SSSR count). The summed E-state index contributed by atoms with van der Waals surface area (Å²) < 4.78 is 0.880. The molecule has 0 aliphatic carbocycles. The molecule has 0 aromatic heterocycles. The van der Waals surface area contributed by atoms with Gasteiger partial charge in [-0.05, 0) is 23.6 Å². The van der Waals surface area contributed by atoms with E-state index in [1.807, 2.05) is 6.07 Å². The van der Waals surface area contributed by atoms with Gasteiger partial charge in [0.2, 0.25) is 0 Å². The molecule has 0 aliphatic heterocycles. The molecule has 0 radical (unpaired) electrons. The highest BCUT2D eigenvalue weighted by Crippen LogP contribution is 2.21. The summed E-state index contributed by atoms with van der Waals surface area (Å²) >= 11 is 3.33. The van der Waals surface area contributed by atoms with Crippen LogP contribution in [-0.2, 0) is 0 Å². The van der Waals surface area contributed by atoms with Crippen molar-refractivity contribution in [2.45, 2.75) is 20.8 Å². The minimum absolute atomic E-state index is 0. The fourth-order valence-electron chi connectivity index (χ4n) is 1.72. The first-order valence-corrected chi connectivity index (χ1v) is 6.30. The van der Waals surface area contributed by atoms with Gasteiger partial charge in [0.25, 0.3) is 5.91 Å². The highest BCUT2D eigenvalue weighted by atomic mass is 79.9. The van der Waals surface area contributed by atoms with Crippen LogP contribution in [0, 0.1) is 5.41 Å². The lowest BCUT2D eigenvalue weighted by Crippen LogP contribution is -2.34. The minimum atomic E-state index is -0.0371. The molecule has 0 spiro atoms. The quantitative estimate of drug-likeness (QED) is 0.840. The molecule has 1 aromatic rings. The average Bonchev–Trinajstić information content (AvgIpc) is 2.14. The second kappa shape index (κ2) is 6.43. The summed E-state index contributed by atoms with van der Waals surface area (Å²) in [6, 6.07) is 5.33. The van der Waals surface area contributed by atoms with E-state index in [2.05, 4.69) is 36.7 Å². The zero-order chi connectivity index (χ0) is 13.2. The van der Waals surface area contributed by atoms with Crippen LogP contribution in [0.1, 0.15) is 31.1 Å². The summed E-state index contributed by atoms with van der Waals surface area (Å²) in [6.45, 7) is 6.99. The van der Waals surface area contributed by atoms with Crippen molar-refractivity contribution in [2.75, 3.05) is 19.3 Å². The summed E-state index contributed by atoms with van der Waals surface area (Å²) in [5, 5.41) is 0. The van der Waals surface area contributed by atoms with E-state index in [9.17, 15) is 4.79 Å². The number of anilines is 1. The van der Waals surface area contributed by atoms with Gasteiger partial charge in [0.05, 0.1) is 5.56 Å². The van der Waals surface area contributed by atoms with Crippen LogP contribution in [-0.4, -0.2) is 24.4 Å². The predicted molar refractivity (Wildman–Crippen MR) is 82.2 cm³/mol. The zero-order valence-corrected chi connectivity index (χ0v) is 13.6. The zero-order valence-electron chi connectivity index (χ0n) is 11.2. The maximum atomic E-state index is 12.2. The molecule has 5 heteroatoms. The van der Waals surface area contributed by atoms with Gasteiger partial charge in [-0.25, -0.2) is 0 Å². The summed E-state index contributed by atoms with van der Waals surface area (Å²) in [4.78, 5) is 13.9. The van der Waals surface area contributed by atoms with Crippen molar-refractivity contribution >= 4 is 39.9 Å². The average molecular weight is 336 g/mol. The standard InChI is InChI=1S/C13H19BrN2O.ClH/c1-13(2,3)8-16(4)12(17)10-6-5-9(14)7-11(10)15;/h5-7H,8,15H2,1-4H3;1H. The van der Waals surface area contributed by atoms with E-state index in [1.54, 1.807) is 24.1 Å². The van der Waals surface area contributed by atoms with Gasteiger partial charge in [0.15, 0.2) is 0 Å². The van der Waals surface area contributed by atoms with Crippen molar-refractivity contribution in [2.24, 2.45) is 5.41 Å². The van der Waals surface area contributed by atoms with E-state index in [0.717, 1.165) is 4.47 Å². The molecule has 0 unspecified atom stereocenters. The molecule has 0 saturated heterocycles. The van der Waals surface area contributed by atoms with E-state index in [0.29, 0.717) is 17.8 Å². The van der Waals surface area contributed by atoms with Gasteiger partial charge >= 0.3 is 0 Å². The number of hydrogen-bond donors (Lipinski definition) is 1. The Morgan fingerprint density at radius 3 is 2.39 bits per heavy atom. The Morgan fingerprint density at radius 1 is 1.39 bits per heavy atom. The fourth-order valence-corrected chi connectivity index (χ4v) is 2.10. The van der Waals surface area contributed by atoms with Crippen molar-refractivity contribution in [1.29, 1.82) is 0 Å². The molecule has 102 valence electrons. The number of carbonyl (C=O) groups excluding carboxylic acids is 1. The molecule has 0 fully saturated rings. The summed E-state index contributed by atoms with van der Waals surface area (Å²) in [5.74, 6) is -0.0371. The number of nitrogens with two attached hydrogens (primary N) is 1. The fraction of sp³-hybridized carbons (Fsp3) is 0.462. The van der Waals surface area contributed by atoms with Crippen molar-refractivity contribution in [3.63, 3.8) is 0 Å². The van der Waals surface area contributed by atoms with Gasteiger partial charge in [-0.1, -0.05) is 36.7 Å². The number of rotatable bonds is 2. The number of halogens is 2. The molecular formula is C13H20BrClN2O. The predicted octanol–water partition coefficient (Wildman–Crippen LogP) is 3.57. The van der Waals surface area contributed by atoms with Gasteiger partial charge < -0.3 is 10.6 Å². The van der Waals surface area contributed by atoms with E-state index in [1.165, 1.54) is 0 Å². The third kappa shape index (κ3) is 4.86. The second-order valence-corrected chi connectivity index (χ2v) is 6.37. The lowest BCUT2D eigenvalue weighted by molar-refractivity contribution is 0.0746. The van der Waals surface area contributed by atoms with Gasteiger partial charge in [-0.3, -0.25) is 4.79 Å². The SMILES string of the molecule is CN(CC(C)(C)C)C(=O)c1ccc(Br)cc1N.Cl. The molecule has 0 atom stereocenters. The molecule has 0 saturated carbocycles. The molecule has 0 aliphatic rings. The first kappa shape index (κ1) is 17.3. The Balaban J connectivity index is 0.00000289. The van der Waals surface area contributed by atoms with Crippen LogP contribution in [0.4, 0.5) is 5.69 Å². The van der Waals surface area contributed by atoms with Crippen LogP contribution in [0.5, 0.6) is 0 Å². The second-order valence-electron chi connectivity index (χ2n) is 5.45. The number of nitrogens with zero attached hydrogens (tertiary/aromatic N) is 1. The summed E-state index contributed by atoms with van der Waals surface area (Å²) in [6.07, 6.45) is 0. The topological polar surface area (TPSA) is 46.3 Å². The molecular weight excluding hydrogens is 316 g/mol. The lowest BCUT2D eigenvalue weighted by Gasteiger charge is -2.27. The molecule has 1 aromatic carbocycles. The van der Waals surface area contributed by atoms with Crippen molar-refractivity contribution in [3.05, 3.63) is 28.2 Å². The van der Waals surface area contributed by atoms with E-state index < -0.39 is 0 Å². The number of benzene rings is 1. The van der Waals surface area contributed by atoms with Crippen molar-refractivity contribution in [1.82, 2.24) is 4.90 Å². The van der Waals surface area contributed by atoms with Crippen LogP contribution < -0.4 is 5.73 Å². The highest BCUT2D eigenvalue weighted by Gasteiger charge is 2.20. The van der Waals surface area contributed by atoms with Gasteiger partial charge in [-0.2, -0.15) is 0 Å². The highest BCUT2D eigenvalue weighted by molar-refractivity contribution is 9.10. The Labute approximate surface area is 123 Å². The number of hydrogen-bond acceptors (Lipinski definition) is 2. The molecule has 1 amide bonds. The van der Waals surface area contributed by atoms with Crippen molar-refractivity contribution in [3.8, 4) is 0 Å². The molecule has 2 N–H and O–H groups in total. The van der Waals surface area contributed by atoms with E-state index in [4.69, 9.17) is 5.73 Å². The summed E-state index contributed by atoms with van der Waals surface area (Å²) in [5.41, 5.74) is 6.98. The van der Waals surface area contributed by atoms with Gasteiger partial charge in [0.1, 0.15) is 0 Å². The monoisotopic (exact) mass is 334 g/mol. The molecule has 18 heavy (non-hydrogen) atoms. The first-order chi connectivity index (χ1) is 7.70. The normalized spacial score (nSPS) is 10.7. The van der Waals surface area contributed by atoms with Crippen LogP contribution in [0.15, 0.2) is 22.7 Å². The van der Waals surface area contributed by atoms with Gasteiger partial charge in [0, 0.05) is 23.8 Å². The number of nitrogen functional groups attached to an aromatic ring is 1. The Kier molecular flexibility index (Phi) is 6.17. The minimum Gasteiger partial charge on any atom is -0.398 e. The number of amides is 1. The van der Waals surface area contributed by atoms with E-state index >= 15 is 0 Å². The maximum absolute atomic E-state index is 12.2. The molecule has 0 bridgehead atoms. The first-order valence-electron chi connectivity index (χ1n) is 5.51. The van der Waals surface area contributed by atoms with Crippen molar-refractivity contribution < 1.29 is 4.79 Å². The van der Waals surface area contributed by atoms with Crippen LogP contribution in [0.25, 0.3) is 0 Å². The van der Waals surface area contributed by atoms with Crippen LogP contribution >= 0.6 is 28.3 Å². The van der Waals surface area contributed by atoms with Gasteiger partial charge in [-0.15, -0.1) is 12.4 Å². The third-order valence-electron chi connectivity index (χ3n) is 2.30. The molecule has 0 heterocycles. The lowest BCUT2D eigenvalue weighted by atomic mass is 9.96. The summed E-state index contributed by atoms with van der Waals surface area (Å²) in [7, 11) is 1.80. The smallest absolute Gasteiger partial charge is 0.255 e. The third-order valence-corrected chi connectivity index (χ3v) is 2.80.